The van der Waals surface area contributed by atoms with Gasteiger partial charge in [0.15, 0.2) is 11.5 Å². The molecule has 1 aromatic heterocycles. The molecule has 134 valence electrons. The maximum Gasteiger partial charge on any atom is 0.238 e. The predicted octanol–water partition coefficient (Wildman–Crippen LogP) is 3.66. The van der Waals surface area contributed by atoms with Crippen LogP contribution in [0.1, 0.15) is 18.0 Å². The maximum atomic E-state index is 12.4. The first-order valence-electron chi connectivity index (χ1n) is 8.35. The number of benzene rings is 2. The van der Waals surface area contributed by atoms with E-state index in [9.17, 15) is 4.79 Å². The highest BCUT2D eigenvalue weighted by Crippen LogP contribution is 2.34. The van der Waals surface area contributed by atoms with Gasteiger partial charge in [-0.2, -0.15) is 0 Å². The average Bonchev–Trinajstić information content (AvgIpc) is 3.26. The molecular formula is C19H19N3O3S. The minimum absolute atomic E-state index is 0.0508. The summed E-state index contributed by atoms with van der Waals surface area (Å²) in [4.78, 5) is 19.1. The van der Waals surface area contributed by atoms with E-state index in [-0.39, 0.29) is 25.3 Å². The average molecular weight is 369 g/mol. The Balaban J connectivity index is 1.40. The lowest BCUT2D eigenvalue weighted by atomic mass is 10.2. The standard InChI is InChI=1S/C19H19N3O3S/c1-12(19-21-14-5-3-4-6-17(14)26-19)22(2)10-18(23)20-13-7-8-15-16(9-13)25-11-24-15/h3-9,12H,10-11H2,1-2H3,(H,20,23)/t12-/m0/s1. The van der Waals surface area contributed by atoms with Crippen molar-refractivity contribution in [2.45, 2.75) is 13.0 Å². The number of likely N-dealkylation sites (N-methyl/N-ethyl adjacent to an activating group) is 1. The van der Waals surface area contributed by atoms with Crippen molar-refractivity contribution in [2.75, 3.05) is 25.7 Å². The molecule has 7 heteroatoms. The lowest BCUT2D eigenvalue weighted by Crippen LogP contribution is -2.32. The summed E-state index contributed by atoms with van der Waals surface area (Å²) < 4.78 is 11.8. The second-order valence-corrected chi connectivity index (χ2v) is 7.29. The highest BCUT2D eigenvalue weighted by molar-refractivity contribution is 7.18. The van der Waals surface area contributed by atoms with Crippen molar-refractivity contribution in [2.24, 2.45) is 0 Å². The highest BCUT2D eigenvalue weighted by Gasteiger charge is 2.19. The van der Waals surface area contributed by atoms with Crippen LogP contribution in [-0.4, -0.2) is 36.2 Å². The van der Waals surface area contributed by atoms with E-state index in [2.05, 4.69) is 23.3 Å². The van der Waals surface area contributed by atoms with Gasteiger partial charge in [-0.3, -0.25) is 9.69 Å². The molecular weight excluding hydrogens is 350 g/mol. The zero-order valence-corrected chi connectivity index (χ0v) is 15.4. The van der Waals surface area contributed by atoms with E-state index in [1.807, 2.05) is 36.2 Å². The third kappa shape index (κ3) is 3.36. The van der Waals surface area contributed by atoms with Gasteiger partial charge in [-0.25, -0.2) is 4.98 Å². The number of nitrogens with zero attached hydrogens (tertiary/aromatic N) is 2. The number of amides is 1. The Morgan fingerprint density at radius 1 is 1.27 bits per heavy atom. The smallest absolute Gasteiger partial charge is 0.238 e. The SMILES string of the molecule is C[C@@H](c1nc2ccccc2s1)N(C)CC(=O)Nc1ccc2c(c1)OCO2. The van der Waals surface area contributed by atoms with Gasteiger partial charge in [0.2, 0.25) is 12.7 Å². The van der Waals surface area contributed by atoms with Crippen LogP contribution in [0, 0.1) is 0 Å². The molecule has 2 aromatic carbocycles. The van der Waals surface area contributed by atoms with E-state index in [1.165, 1.54) is 0 Å². The highest BCUT2D eigenvalue weighted by atomic mass is 32.1. The Bertz CT molecular complexity index is 923. The molecule has 0 spiro atoms. The van der Waals surface area contributed by atoms with Crippen molar-refractivity contribution in [3.05, 3.63) is 47.5 Å². The van der Waals surface area contributed by atoms with Crippen molar-refractivity contribution in [3.63, 3.8) is 0 Å². The van der Waals surface area contributed by atoms with Crippen LogP contribution in [0.2, 0.25) is 0 Å². The van der Waals surface area contributed by atoms with Crippen LogP contribution in [0.15, 0.2) is 42.5 Å². The summed E-state index contributed by atoms with van der Waals surface area (Å²) in [6, 6.07) is 13.5. The van der Waals surface area contributed by atoms with Gasteiger partial charge >= 0.3 is 0 Å². The van der Waals surface area contributed by atoms with E-state index in [1.54, 1.807) is 23.5 Å². The summed E-state index contributed by atoms with van der Waals surface area (Å²) >= 11 is 1.66. The van der Waals surface area contributed by atoms with Crippen LogP contribution in [0.5, 0.6) is 11.5 Å². The Morgan fingerprint density at radius 3 is 2.92 bits per heavy atom. The van der Waals surface area contributed by atoms with Gasteiger partial charge in [0.1, 0.15) is 5.01 Å². The normalized spacial score (nSPS) is 14.0. The fraction of sp³-hybridized carbons (Fsp3) is 0.263. The van der Waals surface area contributed by atoms with Gasteiger partial charge in [-0.1, -0.05) is 12.1 Å². The molecule has 0 saturated carbocycles. The van der Waals surface area contributed by atoms with Gasteiger partial charge in [0.05, 0.1) is 22.8 Å². The number of fused-ring (bicyclic) bond motifs is 2. The molecule has 2 heterocycles. The van der Waals surface area contributed by atoms with E-state index >= 15 is 0 Å². The lowest BCUT2D eigenvalue weighted by molar-refractivity contribution is -0.117. The summed E-state index contributed by atoms with van der Waals surface area (Å²) in [5.41, 5.74) is 1.69. The summed E-state index contributed by atoms with van der Waals surface area (Å²) in [6.07, 6.45) is 0. The van der Waals surface area contributed by atoms with Crippen molar-refractivity contribution in [3.8, 4) is 11.5 Å². The van der Waals surface area contributed by atoms with Crippen LogP contribution < -0.4 is 14.8 Å². The second kappa shape index (κ2) is 6.93. The number of hydrogen-bond acceptors (Lipinski definition) is 6. The summed E-state index contributed by atoms with van der Waals surface area (Å²) in [6.45, 7) is 2.55. The number of hydrogen-bond donors (Lipinski definition) is 1. The van der Waals surface area contributed by atoms with Gasteiger partial charge < -0.3 is 14.8 Å². The molecule has 6 nitrogen and oxygen atoms in total. The number of thiazole rings is 1. The van der Waals surface area contributed by atoms with Crippen molar-refractivity contribution >= 4 is 33.1 Å². The monoisotopic (exact) mass is 369 g/mol. The number of anilines is 1. The fourth-order valence-corrected chi connectivity index (χ4v) is 3.88. The summed E-state index contributed by atoms with van der Waals surface area (Å²) in [5.74, 6) is 1.27. The zero-order valence-electron chi connectivity index (χ0n) is 14.6. The minimum Gasteiger partial charge on any atom is -0.454 e. The first-order valence-corrected chi connectivity index (χ1v) is 9.17. The number of nitrogens with one attached hydrogen (secondary N) is 1. The summed E-state index contributed by atoms with van der Waals surface area (Å²) in [7, 11) is 1.93. The van der Waals surface area contributed by atoms with Crippen LogP contribution in [0.4, 0.5) is 5.69 Å². The molecule has 0 saturated heterocycles. The van der Waals surface area contributed by atoms with Crippen LogP contribution in [-0.2, 0) is 4.79 Å². The summed E-state index contributed by atoms with van der Waals surface area (Å²) in [5, 5.41) is 3.91. The molecule has 0 radical (unpaired) electrons. The molecule has 26 heavy (non-hydrogen) atoms. The van der Waals surface area contributed by atoms with E-state index < -0.39 is 0 Å². The van der Waals surface area contributed by atoms with E-state index in [4.69, 9.17) is 9.47 Å². The Kier molecular flexibility index (Phi) is 4.48. The fourth-order valence-electron chi connectivity index (χ4n) is 2.80. The Hall–Kier alpha value is -2.64. The number of para-hydroxylation sites is 1. The van der Waals surface area contributed by atoms with Gasteiger partial charge in [-0.05, 0) is 38.2 Å². The molecule has 0 aliphatic carbocycles. The van der Waals surface area contributed by atoms with E-state index in [0.29, 0.717) is 17.2 Å². The molecule has 0 fully saturated rings. The molecule has 4 rings (SSSR count). The molecule has 3 aromatic rings. The van der Waals surface area contributed by atoms with Crippen molar-refractivity contribution in [1.82, 2.24) is 9.88 Å². The number of carbonyl (C=O) groups excluding carboxylic acids is 1. The zero-order chi connectivity index (χ0) is 18.1. The maximum absolute atomic E-state index is 12.4. The first kappa shape index (κ1) is 16.8. The molecule has 1 aliphatic rings. The lowest BCUT2D eigenvalue weighted by Gasteiger charge is -2.22. The van der Waals surface area contributed by atoms with E-state index in [0.717, 1.165) is 15.2 Å². The molecule has 0 bridgehead atoms. The number of ether oxygens (including phenoxy) is 2. The topological polar surface area (TPSA) is 63.7 Å². The molecule has 1 atom stereocenters. The minimum atomic E-state index is -0.0840. The molecule has 0 unspecified atom stereocenters. The third-order valence-corrected chi connectivity index (χ3v) is 5.58. The second-order valence-electron chi connectivity index (χ2n) is 6.23. The Labute approximate surface area is 155 Å². The van der Waals surface area contributed by atoms with Crippen molar-refractivity contribution < 1.29 is 14.3 Å². The van der Waals surface area contributed by atoms with Crippen LogP contribution >= 0.6 is 11.3 Å². The predicted molar refractivity (Wildman–Crippen MR) is 102 cm³/mol. The molecule has 1 amide bonds. The van der Waals surface area contributed by atoms with Crippen LogP contribution in [0.25, 0.3) is 10.2 Å². The molecule has 1 N–H and O–H groups in total. The van der Waals surface area contributed by atoms with Gasteiger partial charge in [-0.15, -0.1) is 11.3 Å². The first-order chi connectivity index (χ1) is 12.6. The van der Waals surface area contributed by atoms with Crippen molar-refractivity contribution in [1.29, 1.82) is 0 Å². The molecule has 1 aliphatic heterocycles. The number of carbonyl (C=O) groups is 1. The largest absolute Gasteiger partial charge is 0.454 e. The van der Waals surface area contributed by atoms with Gasteiger partial charge in [0.25, 0.3) is 0 Å². The Morgan fingerprint density at radius 2 is 2.08 bits per heavy atom. The number of aromatic nitrogens is 1. The van der Waals surface area contributed by atoms with Crippen LogP contribution in [0.3, 0.4) is 0 Å². The van der Waals surface area contributed by atoms with Gasteiger partial charge in [0, 0.05) is 11.8 Å². The quantitative estimate of drug-likeness (QED) is 0.744. The third-order valence-electron chi connectivity index (χ3n) is 4.38. The number of rotatable bonds is 5.